The number of amides is 1. The molecule has 0 unspecified atom stereocenters. The molecule has 0 aliphatic rings. The van der Waals surface area contributed by atoms with Crippen molar-refractivity contribution in [3.8, 4) is 11.4 Å². The number of aromatic amines is 1. The van der Waals surface area contributed by atoms with E-state index in [2.05, 4.69) is 15.2 Å². The first-order chi connectivity index (χ1) is 6.77. The highest BCUT2D eigenvalue weighted by Gasteiger charge is 2.06. The standard InChI is InChI=1S/C9H7N4O/c10-9(14)8-3-1-2-6(12-8)7-4-5-11-13-7/h1-5,10H,(H,11,13). The van der Waals surface area contributed by atoms with E-state index in [1.807, 2.05) is 0 Å². The topological polar surface area (TPSA) is 82.4 Å². The summed E-state index contributed by atoms with van der Waals surface area (Å²) in [5.41, 5.74) is 8.29. The molecule has 0 saturated heterocycles. The molecule has 0 aromatic carbocycles. The van der Waals surface area contributed by atoms with Gasteiger partial charge in [0.25, 0.3) is 5.91 Å². The van der Waals surface area contributed by atoms with Crippen LogP contribution in [-0.2, 0) is 0 Å². The van der Waals surface area contributed by atoms with Gasteiger partial charge in [0.05, 0.1) is 5.69 Å². The quantitative estimate of drug-likeness (QED) is 0.757. The number of rotatable bonds is 2. The first kappa shape index (κ1) is 8.43. The zero-order chi connectivity index (χ0) is 9.97. The van der Waals surface area contributed by atoms with Crippen LogP contribution in [0, 0.1) is 0 Å². The fourth-order valence-corrected chi connectivity index (χ4v) is 1.11. The van der Waals surface area contributed by atoms with Crippen molar-refractivity contribution in [2.24, 2.45) is 0 Å². The van der Waals surface area contributed by atoms with Gasteiger partial charge in [0.1, 0.15) is 11.4 Å². The van der Waals surface area contributed by atoms with Gasteiger partial charge in [0, 0.05) is 6.20 Å². The second kappa shape index (κ2) is 3.29. The Morgan fingerprint density at radius 1 is 1.29 bits per heavy atom. The van der Waals surface area contributed by atoms with Gasteiger partial charge in [-0.3, -0.25) is 15.6 Å². The Labute approximate surface area is 80.0 Å². The van der Waals surface area contributed by atoms with Gasteiger partial charge in [0.15, 0.2) is 0 Å². The van der Waals surface area contributed by atoms with E-state index in [4.69, 9.17) is 5.73 Å². The van der Waals surface area contributed by atoms with E-state index in [0.29, 0.717) is 11.4 Å². The minimum atomic E-state index is -0.789. The third-order valence-electron chi connectivity index (χ3n) is 1.74. The molecule has 2 aromatic heterocycles. The van der Waals surface area contributed by atoms with Gasteiger partial charge in [-0.05, 0) is 18.2 Å². The molecule has 2 rings (SSSR count). The molecule has 2 N–H and O–H groups in total. The van der Waals surface area contributed by atoms with Crippen molar-refractivity contribution >= 4 is 5.91 Å². The van der Waals surface area contributed by atoms with Gasteiger partial charge in [-0.1, -0.05) is 6.07 Å². The van der Waals surface area contributed by atoms with E-state index in [1.54, 1.807) is 24.4 Å². The summed E-state index contributed by atoms with van der Waals surface area (Å²) in [6, 6.07) is 6.67. The highest BCUT2D eigenvalue weighted by Crippen LogP contribution is 2.12. The molecule has 14 heavy (non-hydrogen) atoms. The van der Waals surface area contributed by atoms with Crippen LogP contribution in [0.2, 0.25) is 0 Å². The lowest BCUT2D eigenvalue weighted by atomic mass is 10.2. The highest BCUT2D eigenvalue weighted by molar-refractivity contribution is 5.90. The van der Waals surface area contributed by atoms with Crippen LogP contribution >= 0.6 is 0 Å². The average molecular weight is 187 g/mol. The number of hydrogen-bond acceptors (Lipinski definition) is 3. The minimum absolute atomic E-state index is 0.130. The number of nitrogens with one attached hydrogen (secondary N) is 2. The zero-order valence-corrected chi connectivity index (χ0v) is 7.19. The van der Waals surface area contributed by atoms with Crippen molar-refractivity contribution in [3.63, 3.8) is 0 Å². The Morgan fingerprint density at radius 2 is 2.14 bits per heavy atom. The third kappa shape index (κ3) is 1.47. The molecule has 0 aliphatic carbocycles. The van der Waals surface area contributed by atoms with Crippen LogP contribution in [-0.4, -0.2) is 21.1 Å². The lowest BCUT2D eigenvalue weighted by Gasteiger charge is -1.97. The molecule has 5 heteroatoms. The predicted octanol–water partition coefficient (Wildman–Crippen LogP) is 0.895. The molecule has 0 bridgehead atoms. The summed E-state index contributed by atoms with van der Waals surface area (Å²) in [4.78, 5) is 14.7. The first-order valence-electron chi connectivity index (χ1n) is 4.00. The van der Waals surface area contributed by atoms with E-state index in [-0.39, 0.29) is 5.69 Å². The molecule has 0 atom stereocenters. The molecule has 5 nitrogen and oxygen atoms in total. The zero-order valence-electron chi connectivity index (χ0n) is 7.19. The maximum Gasteiger partial charge on any atom is 0.288 e. The lowest BCUT2D eigenvalue weighted by molar-refractivity contribution is 0.0987. The molecule has 0 aliphatic heterocycles. The highest BCUT2D eigenvalue weighted by atomic mass is 16.1. The number of pyridine rings is 1. The van der Waals surface area contributed by atoms with Crippen molar-refractivity contribution in [3.05, 3.63) is 36.2 Å². The van der Waals surface area contributed by atoms with Crippen LogP contribution in [0.15, 0.2) is 30.5 Å². The SMILES string of the molecule is [NH]C(=O)c1cccc(-c2cc[nH]n2)n1. The number of nitrogens with zero attached hydrogens (tertiary/aromatic N) is 2. The Kier molecular flexibility index (Phi) is 1.98. The van der Waals surface area contributed by atoms with Gasteiger partial charge in [-0.15, -0.1) is 0 Å². The Hall–Kier alpha value is -2.17. The molecule has 2 heterocycles. The van der Waals surface area contributed by atoms with Crippen molar-refractivity contribution in [2.45, 2.75) is 0 Å². The summed E-state index contributed by atoms with van der Waals surface area (Å²) in [5, 5.41) is 6.58. The Bertz CT molecular complexity index is 450. The fraction of sp³-hybridized carbons (Fsp3) is 0. The second-order valence-electron chi connectivity index (χ2n) is 2.70. The van der Waals surface area contributed by atoms with E-state index >= 15 is 0 Å². The van der Waals surface area contributed by atoms with Crippen LogP contribution in [0.1, 0.15) is 10.5 Å². The monoisotopic (exact) mass is 187 g/mol. The average Bonchev–Trinajstić information content (AvgIpc) is 2.71. The predicted molar refractivity (Wildman–Crippen MR) is 49.2 cm³/mol. The van der Waals surface area contributed by atoms with Crippen molar-refractivity contribution in [1.82, 2.24) is 20.9 Å². The van der Waals surface area contributed by atoms with Crippen LogP contribution in [0.25, 0.3) is 11.4 Å². The van der Waals surface area contributed by atoms with Crippen LogP contribution < -0.4 is 5.73 Å². The second-order valence-corrected chi connectivity index (χ2v) is 2.70. The first-order valence-corrected chi connectivity index (χ1v) is 4.00. The molecule has 0 saturated carbocycles. The molecule has 2 aromatic rings. The van der Waals surface area contributed by atoms with Crippen LogP contribution in [0.3, 0.4) is 0 Å². The number of carbonyl (C=O) groups is 1. The van der Waals surface area contributed by atoms with E-state index in [9.17, 15) is 4.79 Å². The van der Waals surface area contributed by atoms with E-state index in [1.165, 1.54) is 6.07 Å². The summed E-state index contributed by atoms with van der Waals surface area (Å²) in [6.45, 7) is 0. The number of H-pyrrole nitrogens is 1. The molecular formula is C9H7N4O. The van der Waals surface area contributed by atoms with Gasteiger partial charge in [0.2, 0.25) is 0 Å². The van der Waals surface area contributed by atoms with Crippen molar-refractivity contribution in [1.29, 1.82) is 0 Å². The van der Waals surface area contributed by atoms with E-state index in [0.717, 1.165) is 0 Å². The number of carbonyl (C=O) groups excluding carboxylic acids is 1. The number of hydrogen-bond donors (Lipinski definition) is 1. The van der Waals surface area contributed by atoms with Crippen molar-refractivity contribution < 1.29 is 4.79 Å². The van der Waals surface area contributed by atoms with Crippen LogP contribution in [0.5, 0.6) is 0 Å². The summed E-state index contributed by atoms with van der Waals surface area (Å²) in [6.07, 6.45) is 1.67. The van der Waals surface area contributed by atoms with E-state index < -0.39 is 5.91 Å². The number of aromatic nitrogens is 3. The molecule has 1 radical (unpaired) electrons. The molecular weight excluding hydrogens is 180 g/mol. The van der Waals surface area contributed by atoms with Gasteiger partial charge in [-0.2, -0.15) is 5.10 Å². The van der Waals surface area contributed by atoms with Gasteiger partial charge in [-0.25, -0.2) is 4.98 Å². The normalized spacial score (nSPS) is 10.0. The minimum Gasteiger partial charge on any atom is -0.285 e. The maximum absolute atomic E-state index is 10.7. The van der Waals surface area contributed by atoms with Crippen molar-refractivity contribution in [2.75, 3.05) is 0 Å². The third-order valence-corrected chi connectivity index (χ3v) is 1.74. The Morgan fingerprint density at radius 3 is 2.79 bits per heavy atom. The van der Waals surface area contributed by atoms with Crippen LogP contribution in [0.4, 0.5) is 0 Å². The summed E-state index contributed by atoms with van der Waals surface area (Å²) >= 11 is 0. The molecule has 0 fully saturated rings. The van der Waals surface area contributed by atoms with Gasteiger partial charge >= 0.3 is 0 Å². The van der Waals surface area contributed by atoms with Gasteiger partial charge < -0.3 is 0 Å². The molecule has 1 amide bonds. The Balaban J connectivity index is 2.46. The molecule has 0 spiro atoms. The summed E-state index contributed by atoms with van der Waals surface area (Å²) < 4.78 is 0. The fourth-order valence-electron chi connectivity index (χ4n) is 1.11. The lowest BCUT2D eigenvalue weighted by Crippen LogP contribution is -2.02. The largest absolute Gasteiger partial charge is 0.288 e. The summed E-state index contributed by atoms with van der Waals surface area (Å²) in [7, 11) is 0. The summed E-state index contributed by atoms with van der Waals surface area (Å²) in [5.74, 6) is -0.789. The molecule has 69 valence electrons. The smallest absolute Gasteiger partial charge is 0.285 e. The maximum atomic E-state index is 10.7.